The molecule has 0 aromatic heterocycles. The summed E-state index contributed by atoms with van der Waals surface area (Å²) >= 11 is 0. The summed E-state index contributed by atoms with van der Waals surface area (Å²) in [5.41, 5.74) is 0. The first-order chi connectivity index (χ1) is 46.7. The summed E-state index contributed by atoms with van der Waals surface area (Å²) in [6, 6.07) is 0. The number of phosphoric ester groups is 2. The van der Waals surface area contributed by atoms with Gasteiger partial charge >= 0.3 is 39.5 Å². The van der Waals surface area contributed by atoms with Gasteiger partial charge in [-0.05, 0) is 135 Å². The first-order valence-electron chi connectivity index (χ1n) is 37.8. The van der Waals surface area contributed by atoms with E-state index in [1.165, 1.54) is 57.8 Å². The Hall–Kier alpha value is -3.76. The number of hydrogen-bond donors (Lipinski definition) is 3. The molecule has 0 heterocycles. The number of hydrogen-bond acceptors (Lipinski definition) is 15. The molecule has 5 atom stereocenters. The first kappa shape index (κ1) is 92.2. The van der Waals surface area contributed by atoms with Gasteiger partial charge in [0.1, 0.15) is 19.3 Å². The molecular weight excluding hydrogens is 1260 g/mol. The van der Waals surface area contributed by atoms with Crippen LogP contribution in [0, 0.1) is 0 Å². The van der Waals surface area contributed by atoms with Crippen molar-refractivity contribution in [2.24, 2.45) is 0 Å². The van der Waals surface area contributed by atoms with Crippen molar-refractivity contribution in [3.63, 3.8) is 0 Å². The quantitative estimate of drug-likeness (QED) is 0.0169. The van der Waals surface area contributed by atoms with Crippen LogP contribution in [0.25, 0.3) is 0 Å². The van der Waals surface area contributed by atoms with E-state index in [1.54, 1.807) is 0 Å². The van der Waals surface area contributed by atoms with Crippen molar-refractivity contribution in [3.8, 4) is 0 Å². The summed E-state index contributed by atoms with van der Waals surface area (Å²) in [4.78, 5) is 72.8. The standard InChI is InChI=1S/C77H136O17P2/c1-5-9-13-17-21-25-29-33-35-39-41-45-49-53-57-61-74(79)87-67-72(93-76(81)63-59-55-51-47-43-37-31-27-23-19-15-11-7-3)69-91-95(83,84)89-65-71(78)66-90-96(85,86)92-70-73(94-77(82)64-60-56-52-48-44-38-32-28-24-20-16-12-8-4)68-88-75(80)62-58-54-50-46-42-40-36-34-30-26-22-18-14-10-6-2/h15-16,19-21,25,27-28,31-36,71-73,78H,5-14,17-18,22-24,26,29-30,37-70H2,1-4H3,(H,83,84)(H,85,86)/b19-15-,20-16-,25-21-,31-27-,32-28-,35-33-,36-34-. The number of esters is 4. The average molecular weight is 1400 g/mol. The molecule has 0 radical (unpaired) electrons. The molecule has 0 saturated heterocycles. The summed E-state index contributed by atoms with van der Waals surface area (Å²) < 4.78 is 68.4. The first-order valence-corrected chi connectivity index (χ1v) is 40.8. The van der Waals surface area contributed by atoms with E-state index < -0.39 is 97.5 Å². The minimum atomic E-state index is -4.98. The van der Waals surface area contributed by atoms with E-state index in [0.29, 0.717) is 25.7 Å². The Morgan fingerprint density at radius 1 is 0.292 bits per heavy atom. The minimum absolute atomic E-state index is 0.0762. The molecular formula is C77H136O17P2. The lowest BCUT2D eigenvalue weighted by Crippen LogP contribution is -2.30. The zero-order valence-electron chi connectivity index (χ0n) is 60.5. The van der Waals surface area contributed by atoms with Crippen LogP contribution in [0.4, 0.5) is 0 Å². The SMILES string of the molecule is CCC/C=C\C/C=C\CCCCCCCC(=O)OC(COC(=O)CCCCCCC/C=C\C/C=C\CCCCC)COP(=O)(O)OCC(O)COP(=O)(O)OCC(COC(=O)CCCCCCC/C=C\CCCCCCCC)OC(=O)CCCCCCC/C=C\C/C=C\CCC. The van der Waals surface area contributed by atoms with Crippen LogP contribution in [-0.4, -0.2) is 96.7 Å². The van der Waals surface area contributed by atoms with Crippen LogP contribution in [0.3, 0.4) is 0 Å². The number of aliphatic hydroxyl groups excluding tert-OH is 1. The number of allylic oxidation sites excluding steroid dienone is 14. The van der Waals surface area contributed by atoms with Crippen molar-refractivity contribution in [1.82, 2.24) is 0 Å². The van der Waals surface area contributed by atoms with Crippen LogP contribution in [-0.2, 0) is 65.4 Å². The van der Waals surface area contributed by atoms with Crippen molar-refractivity contribution >= 4 is 39.5 Å². The van der Waals surface area contributed by atoms with Gasteiger partial charge in [-0.3, -0.25) is 37.3 Å². The van der Waals surface area contributed by atoms with Crippen LogP contribution < -0.4 is 0 Å². The van der Waals surface area contributed by atoms with Crippen LogP contribution in [0.15, 0.2) is 85.1 Å². The third kappa shape index (κ3) is 68.8. The molecule has 3 N–H and O–H groups in total. The van der Waals surface area contributed by atoms with E-state index in [1.807, 2.05) is 0 Å². The molecule has 0 aliphatic heterocycles. The van der Waals surface area contributed by atoms with E-state index in [0.717, 1.165) is 186 Å². The summed E-state index contributed by atoms with van der Waals surface area (Å²) in [5.74, 6) is -2.22. The van der Waals surface area contributed by atoms with Gasteiger partial charge in [-0.25, -0.2) is 9.13 Å². The molecule has 0 aromatic rings. The van der Waals surface area contributed by atoms with Crippen LogP contribution in [0.1, 0.15) is 323 Å². The highest BCUT2D eigenvalue weighted by molar-refractivity contribution is 7.47. The Kier molecular flexibility index (Phi) is 67.0. The predicted molar refractivity (Wildman–Crippen MR) is 390 cm³/mol. The Morgan fingerprint density at radius 2 is 0.531 bits per heavy atom. The monoisotopic (exact) mass is 1390 g/mol. The van der Waals surface area contributed by atoms with Gasteiger partial charge in [0, 0.05) is 25.7 Å². The van der Waals surface area contributed by atoms with Crippen molar-refractivity contribution < 1.29 is 80.2 Å². The minimum Gasteiger partial charge on any atom is -0.462 e. The molecule has 19 heteroatoms. The van der Waals surface area contributed by atoms with Crippen molar-refractivity contribution in [2.75, 3.05) is 39.6 Å². The molecule has 0 bridgehead atoms. The summed E-state index contributed by atoms with van der Waals surface area (Å²) in [6.45, 7) is 4.68. The number of phosphoric acid groups is 2. The summed E-state index contributed by atoms with van der Waals surface area (Å²) in [7, 11) is -9.95. The normalized spacial score (nSPS) is 14.4. The van der Waals surface area contributed by atoms with Crippen molar-refractivity contribution in [1.29, 1.82) is 0 Å². The number of aliphatic hydroxyl groups is 1. The molecule has 17 nitrogen and oxygen atoms in total. The predicted octanol–water partition coefficient (Wildman–Crippen LogP) is 21.4. The zero-order valence-corrected chi connectivity index (χ0v) is 62.3. The van der Waals surface area contributed by atoms with Crippen LogP contribution in [0.2, 0.25) is 0 Å². The fourth-order valence-corrected chi connectivity index (χ4v) is 11.5. The maximum atomic E-state index is 13.1. The molecule has 96 heavy (non-hydrogen) atoms. The Morgan fingerprint density at radius 3 is 0.844 bits per heavy atom. The maximum absolute atomic E-state index is 13.1. The van der Waals surface area contributed by atoms with Gasteiger partial charge in [-0.15, -0.1) is 0 Å². The van der Waals surface area contributed by atoms with E-state index in [-0.39, 0.29) is 25.7 Å². The smallest absolute Gasteiger partial charge is 0.462 e. The number of rotatable bonds is 71. The van der Waals surface area contributed by atoms with Gasteiger partial charge in [-0.2, -0.15) is 0 Å². The lowest BCUT2D eigenvalue weighted by molar-refractivity contribution is -0.161. The van der Waals surface area contributed by atoms with Crippen LogP contribution >= 0.6 is 15.6 Å². The van der Waals surface area contributed by atoms with Gasteiger partial charge in [0.05, 0.1) is 26.4 Å². The topological polar surface area (TPSA) is 237 Å². The molecule has 0 spiro atoms. The zero-order chi connectivity index (χ0) is 70.4. The molecule has 0 saturated carbocycles. The van der Waals surface area contributed by atoms with E-state index in [4.69, 9.17) is 37.0 Å². The number of unbranched alkanes of at least 4 members (excludes halogenated alkanes) is 31. The van der Waals surface area contributed by atoms with Gasteiger partial charge in [-0.1, -0.05) is 248 Å². The Bertz CT molecular complexity index is 2160. The molecule has 0 fully saturated rings. The van der Waals surface area contributed by atoms with Crippen LogP contribution in [0.5, 0.6) is 0 Å². The molecule has 0 aliphatic rings. The number of carbonyl (C=O) groups excluding carboxylic acids is 4. The highest BCUT2D eigenvalue weighted by atomic mass is 31.2. The number of carbonyl (C=O) groups is 4. The fourth-order valence-electron chi connectivity index (χ4n) is 9.97. The lowest BCUT2D eigenvalue weighted by Gasteiger charge is -2.21. The highest BCUT2D eigenvalue weighted by Crippen LogP contribution is 2.45. The largest absolute Gasteiger partial charge is 0.472 e. The third-order valence-electron chi connectivity index (χ3n) is 15.8. The Balaban J connectivity index is 5.35. The maximum Gasteiger partial charge on any atom is 0.472 e. The van der Waals surface area contributed by atoms with Gasteiger partial charge in [0.15, 0.2) is 12.2 Å². The van der Waals surface area contributed by atoms with E-state index in [2.05, 4.69) is 113 Å². The molecule has 0 amide bonds. The second kappa shape index (κ2) is 69.7. The lowest BCUT2D eigenvalue weighted by atomic mass is 10.1. The van der Waals surface area contributed by atoms with Gasteiger partial charge < -0.3 is 33.8 Å². The summed E-state index contributed by atoms with van der Waals surface area (Å²) in [5, 5.41) is 10.6. The highest BCUT2D eigenvalue weighted by Gasteiger charge is 2.30. The average Bonchev–Trinajstić information content (AvgIpc) is 1.15. The Labute approximate surface area is 583 Å². The molecule has 556 valence electrons. The summed E-state index contributed by atoms with van der Waals surface area (Å²) in [6.07, 6.45) is 70.0. The molecule has 0 aliphatic carbocycles. The third-order valence-corrected chi connectivity index (χ3v) is 17.7. The van der Waals surface area contributed by atoms with Gasteiger partial charge in [0.2, 0.25) is 0 Å². The fraction of sp³-hybridized carbons (Fsp3) is 0.766. The van der Waals surface area contributed by atoms with Crippen molar-refractivity contribution in [2.45, 2.75) is 341 Å². The van der Waals surface area contributed by atoms with Crippen molar-refractivity contribution in [3.05, 3.63) is 85.1 Å². The molecule has 5 unspecified atom stereocenters. The van der Waals surface area contributed by atoms with E-state index in [9.17, 15) is 43.2 Å². The second-order valence-electron chi connectivity index (χ2n) is 25.2. The number of ether oxygens (including phenoxy) is 4. The molecule has 0 aromatic carbocycles. The van der Waals surface area contributed by atoms with Gasteiger partial charge in [0.25, 0.3) is 0 Å². The molecule has 0 rings (SSSR count). The second-order valence-corrected chi connectivity index (χ2v) is 28.1. The van der Waals surface area contributed by atoms with E-state index >= 15 is 0 Å².